The lowest BCUT2D eigenvalue weighted by molar-refractivity contribution is -0.137. The summed E-state index contributed by atoms with van der Waals surface area (Å²) >= 11 is 0. The summed E-state index contributed by atoms with van der Waals surface area (Å²) in [6.07, 6.45) is 0.373. The molecule has 2 rings (SSSR count). The second kappa shape index (κ2) is 10.1. The third-order valence-electron chi connectivity index (χ3n) is 4.10. The van der Waals surface area contributed by atoms with Crippen molar-refractivity contribution in [3.8, 4) is 0 Å². The molecule has 1 aliphatic heterocycles. The van der Waals surface area contributed by atoms with Gasteiger partial charge in [-0.15, -0.1) is 0 Å². The highest BCUT2D eigenvalue weighted by atomic mass is 16.5. The second-order valence-electron chi connectivity index (χ2n) is 6.16. The van der Waals surface area contributed by atoms with Crippen LogP contribution in [0.1, 0.15) is 28.8 Å². The molecule has 0 saturated carbocycles. The molecule has 1 unspecified atom stereocenters. The number of carboxylic acid groups (broad SMARTS) is 1. The largest absolute Gasteiger partial charge is 0.481 e. The van der Waals surface area contributed by atoms with Crippen LogP contribution in [0.3, 0.4) is 0 Å². The summed E-state index contributed by atoms with van der Waals surface area (Å²) < 4.78 is 5.18. The molecule has 2 amide bonds. The number of aliphatic carboxylic acids is 1. The van der Waals surface area contributed by atoms with Gasteiger partial charge in [0.15, 0.2) is 0 Å². The van der Waals surface area contributed by atoms with E-state index >= 15 is 0 Å². The summed E-state index contributed by atoms with van der Waals surface area (Å²) in [5.41, 5.74) is 9.52. The normalized spacial score (nSPS) is 16.8. The first-order valence-corrected chi connectivity index (χ1v) is 8.47. The Bertz CT molecular complexity index is 720. The van der Waals surface area contributed by atoms with Gasteiger partial charge in [0.25, 0.3) is 5.91 Å². The van der Waals surface area contributed by atoms with Crippen LogP contribution in [0.4, 0.5) is 0 Å². The van der Waals surface area contributed by atoms with E-state index in [-0.39, 0.29) is 24.8 Å². The zero-order chi connectivity index (χ0) is 19.6. The molecule has 10 nitrogen and oxygen atoms in total. The van der Waals surface area contributed by atoms with Gasteiger partial charge in [0.05, 0.1) is 18.9 Å². The van der Waals surface area contributed by atoms with Crippen molar-refractivity contribution in [1.29, 1.82) is 0 Å². The Hall–Kier alpha value is -3.10. The first kappa shape index (κ1) is 20.2. The molecule has 2 atom stereocenters. The number of ether oxygens (including phenoxy) is 1. The smallest absolute Gasteiger partial charge is 0.305 e. The standard InChI is InChI=1S/C17H21N5O5/c18-22-20-9-14(7-15(23)24)21-17(26)12-3-1-11(2-4-12)8-19-16(25)13-5-6-27-10-13/h1-4,13-14H,5-10H2,(H,19,25)(H,21,26)(H,23,24)/t13?,14-/m0/s1. The molecule has 0 aliphatic carbocycles. The van der Waals surface area contributed by atoms with Crippen LogP contribution in [0.25, 0.3) is 10.4 Å². The van der Waals surface area contributed by atoms with Crippen LogP contribution in [-0.2, 0) is 20.9 Å². The van der Waals surface area contributed by atoms with E-state index in [4.69, 9.17) is 15.4 Å². The van der Waals surface area contributed by atoms with Gasteiger partial charge in [0, 0.05) is 36.2 Å². The van der Waals surface area contributed by atoms with Crippen molar-refractivity contribution in [2.24, 2.45) is 11.0 Å². The molecule has 0 spiro atoms. The monoisotopic (exact) mass is 375 g/mol. The topological polar surface area (TPSA) is 153 Å². The number of nitrogens with one attached hydrogen (secondary N) is 2. The maximum atomic E-state index is 12.2. The summed E-state index contributed by atoms with van der Waals surface area (Å²) in [6.45, 7) is 1.24. The first-order chi connectivity index (χ1) is 13.0. The van der Waals surface area contributed by atoms with Crippen molar-refractivity contribution in [3.05, 3.63) is 45.8 Å². The highest BCUT2D eigenvalue weighted by Crippen LogP contribution is 2.12. The van der Waals surface area contributed by atoms with Crippen molar-refractivity contribution >= 4 is 17.8 Å². The highest BCUT2D eigenvalue weighted by molar-refractivity contribution is 5.94. The van der Waals surface area contributed by atoms with E-state index in [0.29, 0.717) is 25.3 Å². The minimum Gasteiger partial charge on any atom is -0.481 e. The molecule has 1 fully saturated rings. The van der Waals surface area contributed by atoms with Crippen LogP contribution in [-0.4, -0.2) is 48.7 Å². The van der Waals surface area contributed by atoms with E-state index in [1.165, 1.54) is 0 Å². The molecule has 144 valence electrons. The van der Waals surface area contributed by atoms with E-state index in [1.807, 2.05) is 0 Å². The van der Waals surface area contributed by atoms with Gasteiger partial charge >= 0.3 is 5.97 Å². The molecule has 1 aliphatic rings. The number of carboxylic acids is 1. The quantitative estimate of drug-likeness (QED) is 0.336. The lowest BCUT2D eigenvalue weighted by Gasteiger charge is -2.15. The number of azide groups is 1. The molecule has 10 heteroatoms. The third kappa shape index (κ3) is 6.61. The maximum absolute atomic E-state index is 12.2. The molecule has 0 bridgehead atoms. The van der Waals surface area contributed by atoms with Crippen LogP contribution in [0, 0.1) is 5.92 Å². The highest BCUT2D eigenvalue weighted by Gasteiger charge is 2.23. The molecule has 3 N–H and O–H groups in total. The van der Waals surface area contributed by atoms with Crippen molar-refractivity contribution < 1.29 is 24.2 Å². The van der Waals surface area contributed by atoms with Crippen LogP contribution >= 0.6 is 0 Å². The minimum atomic E-state index is -1.10. The summed E-state index contributed by atoms with van der Waals surface area (Å²) in [5, 5.41) is 17.5. The Balaban J connectivity index is 1.88. The van der Waals surface area contributed by atoms with Gasteiger partial charge < -0.3 is 20.5 Å². The number of nitrogens with zero attached hydrogens (tertiary/aromatic N) is 3. The Morgan fingerprint density at radius 2 is 2.07 bits per heavy atom. The fourth-order valence-electron chi connectivity index (χ4n) is 2.62. The van der Waals surface area contributed by atoms with E-state index in [0.717, 1.165) is 12.0 Å². The van der Waals surface area contributed by atoms with Crippen molar-refractivity contribution in [2.45, 2.75) is 25.4 Å². The lowest BCUT2D eigenvalue weighted by Crippen LogP contribution is -2.38. The summed E-state index contributed by atoms with van der Waals surface area (Å²) in [6, 6.07) is 5.79. The van der Waals surface area contributed by atoms with Gasteiger partial charge in [0.1, 0.15) is 0 Å². The molecule has 27 heavy (non-hydrogen) atoms. The summed E-state index contributed by atoms with van der Waals surface area (Å²) in [7, 11) is 0. The number of benzene rings is 1. The fourth-order valence-corrected chi connectivity index (χ4v) is 2.62. The fraction of sp³-hybridized carbons (Fsp3) is 0.471. The maximum Gasteiger partial charge on any atom is 0.305 e. The number of amides is 2. The van der Waals surface area contributed by atoms with E-state index in [2.05, 4.69) is 20.7 Å². The number of carbonyl (C=O) groups is 3. The van der Waals surface area contributed by atoms with Gasteiger partial charge in [-0.2, -0.15) is 0 Å². The van der Waals surface area contributed by atoms with Crippen LogP contribution in [0.5, 0.6) is 0 Å². The number of carbonyl (C=O) groups excluding carboxylic acids is 2. The number of hydrogen-bond acceptors (Lipinski definition) is 5. The van der Waals surface area contributed by atoms with Crippen molar-refractivity contribution in [3.63, 3.8) is 0 Å². The molecular weight excluding hydrogens is 354 g/mol. The van der Waals surface area contributed by atoms with Gasteiger partial charge in [-0.3, -0.25) is 14.4 Å². The number of rotatable bonds is 9. The molecule has 0 aromatic heterocycles. The van der Waals surface area contributed by atoms with Gasteiger partial charge in [-0.05, 0) is 29.6 Å². The Morgan fingerprint density at radius 1 is 1.33 bits per heavy atom. The second-order valence-corrected chi connectivity index (χ2v) is 6.16. The molecule has 1 heterocycles. The van der Waals surface area contributed by atoms with E-state index in [1.54, 1.807) is 24.3 Å². The van der Waals surface area contributed by atoms with Crippen molar-refractivity contribution in [1.82, 2.24) is 10.6 Å². The molecule has 1 aromatic rings. The van der Waals surface area contributed by atoms with Crippen LogP contribution in [0.2, 0.25) is 0 Å². The molecule has 0 radical (unpaired) electrons. The van der Waals surface area contributed by atoms with Crippen LogP contribution in [0.15, 0.2) is 29.4 Å². The van der Waals surface area contributed by atoms with Gasteiger partial charge in [0.2, 0.25) is 5.91 Å². The SMILES string of the molecule is [N-]=[N+]=NC[C@H](CC(=O)O)NC(=O)c1ccc(CNC(=O)C2CCOC2)cc1. The zero-order valence-corrected chi connectivity index (χ0v) is 14.6. The van der Waals surface area contributed by atoms with E-state index in [9.17, 15) is 14.4 Å². The predicted octanol–water partition coefficient (Wildman–Crippen LogP) is 1.22. The Labute approximate surface area is 155 Å². The zero-order valence-electron chi connectivity index (χ0n) is 14.6. The minimum absolute atomic E-state index is 0.0520. The molecule has 1 saturated heterocycles. The third-order valence-corrected chi connectivity index (χ3v) is 4.10. The van der Waals surface area contributed by atoms with Gasteiger partial charge in [-0.1, -0.05) is 17.2 Å². The lowest BCUT2D eigenvalue weighted by atomic mass is 10.1. The van der Waals surface area contributed by atoms with Crippen molar-refractivity contribution in [2.75, 3.05) is 19.8 Å². The first-order valence-electron chi connectivity index (χ1n) is 8.47. The van der Waals surface area contributed by atoms with Crippen LogP contribution < -0.4 is 10.6 Å². The van der Waals surface area contributed by atoms with E-state index < -0.39 is 17.9 Å². The predicted molar refractivity (Wildman–Crippen MR) is 94.7 cm³/mol. The summed E-state index contributed by atoms with van der Waals surface area (Å²) in [4.78, 5) is 37.6. The molecule has 1 aromatic carbocycles. The Kier molecular flexibility index (Phi) is 7.60. The molecular formula is C17H21N5O5. The average molecular weight is 375 g/mol. The Morgan fingerprint density at radius 3 is 2.67 bits per heavy atom. The summed E-state index contributed by atoms with van der Waals surface area (Å²) in [5.74, 6) is -1.73. The van der Waals surface area contributed by atoms with Gasteiger partial charge in [-0.25, -0.2) is 0 Å². The average Bonchev–Trinajstić information content (AvgIpc) is 3.19. The number of hydrogen-bond donors (Lipinski definition) is 3.